The molecule has 310 valence electrons. The van der Waals surface area contributed by atoms with Gasteiger partial charge in [-0.25, -0.2) is 0 Å². The second-order valence-electron chi connectivity index (χ2n) is 19.6. The summed E-state index contributed by atoms with van der Waals surface area (Å²) in [5, 5.41) is 0. The molecule has 0 aromatic rings. The summed E-state index contributed by atoms with van der Waals surface area (Å²) in [6.07, 6.45) is 51.7. The Balaban J connectivity index is 0.000000247. The first-order chi connectivity index (χ1) is 25.5. The minimum atomic E-state index is 1.00. The SMILES string of the molecule is C1CCC1.CC.CC.CC1CCCC(C2CCCCCC[C@H]2C)CCC1.CC1CCCCCC(C2CCC2)C1.CC1CCCCCC(C2CCC2)C1. The molecular formula is C52H102. The van der Waals surface area contributed by atoms with Gasteiger partial charge in [0, 0.05) is 0 Å². The zero-order chi connectivity index (χ0) is 37.8. The van der Waals surface area contributed by atoms with Crippen LogP contribution in [0.2, 0.25) is 0 Å². The van der Waals surface area contributed by atoms with Gasteiger partial charge in [0.1, 0.15) is 0 Å². The molecule has 0 nitrogen and oxygen atoms in total. The molecule has 5 unspecified atom stereocenters. The van der Waals surface area contributed by atoms with Crippen LogP contribution in [0.4, 0.5) is 0 Å². The second kappa shape index (κ2) is 31.1. The third kappa shape index (κ3) is 20.2. The standard InChI is InChI=1S/C18H34.2C13H24.C4H8.2C2H6/c1-15-9-7-12-17(13-8-10-15)18-14-6-4-3-5-11-16(18)2;2*1-11-6-3-2-4-7-13(10-11)12-8-5-9-12;1-2-4-3-1;2*1-2/h15-18H,3-14H2,1-2H3;2*11-13H,2-10H2,1H3;1-4H2;2*1-2H3/t15?,16-,17?,18?;;;;;/m1...../s1. The lowest BCUT2D eigenvalue weighted by Gasteiger charge is -2.36. The summed E-state index contributed by atoms with van der Waals surface area (Å²) in [5.74, 6) is 10.7. The van der Waals surface area contributed by atoms with Gasteiger partial charge in [0.05, 0.1) is 0 Å². The van der Waals surface area contributed by atoms with Crippen LogP contribution in [-0.4, -0.2) is 0 Å². The minimum Gasteiger partial charge on any atom is -0.0683 e. The highest BCUT2D eigenvalue weighted by atomic mass is 14.4. The molecule has 7 rings (SSSR count). The van der Waals surface area contributed by atoms with E-state index in [1.165, 1.54) is 148 Å². The fourth-order valence-electron chi connectivity index (χ4n) is 11.2. The van der Waals surface area contributed by atoms with E-state index in [0.717, 1.165) is 59.2 Å². The zero-order valence-corrected chi connectivity index (χ0v) is 37.8. The molecule has 0 aromatic heterocycles. The Morgan fingerprint density at radius 1 is 0.231 bits per heavy atom. The van der Waals surface area contributed by atoms with Gasteiger partial charge in [0.25, 0.3) is 0 Å². The van der Waals surface area contributed by atoms with Gasteiger partial charge in [0.2, 0.25) is 0 Å². The van der Waals surface area contributed by atoms with E-state index in [1.807, 2.05) is 27.7 Å². The van der Waals surface area contributed by atoms with Crippen molar-refractivity contribution in [2.24, 2.45) is 59.2 Å². The summed E-state index contributed by atoms with van der Waals surface area (Å²) in [5.41, 5.74) is 0. The molecule has 0 heteroatoms. The maximum absolute atomic E-state index is 2.55. The van der Waals surface area contributed by atoms with Gasteiger partial charge < -0.3 is 0 Å². The molecule has 0 bridgehead atoms. The van der Waals surface area contributed by atoms with E-state index >= 15 is 0 Å². The Labute approximate surface area is 331 Å². The highest BCUT2D eigenvalue weighted by Crippen LogP contribution is 2.43. The predicted molar refractivity (Wildman–Crippen MR) is 237 cm³/mol. The van der Waals surface area contributed by atoms with Crippen LogP contribution in [0.3, 0.4) is 0 Å². The van der Waals surface area contributed by atoms with Crippen LogP contribution in [0.1, 0.15) is 274 Å². The number of hydrogen-bond donors (Lipinski definition) is 0. The van der Waals surface area contributed by atoms with Crippen LogP contribution >= 0.6 is 0 Å². The summed E-state index contributed by atoms with van der Waals surface area (Å²) < 4.78 is 0. The summed E-state index contributed by atoms with van der Waals surface area (Å²) in [6.45, 7) is 17.9. The minimum absolute atomic E-state index is 1.00. The van der Waals surface area contributed by atoms with Gasteiger partial charge in [-0.2, -0.15) is 0 Å². The quantitative estimate of drug-likeness (QED) is 0.272. The van der Waals surface area contributed by atoms with Crippen LogP contribution in [0.5, 0.6) is 0 Å². The second-order valence-corrected chi connectivity index (χ2v) is 19.6. The van der Waals surface area contributed by atoms with E-state index < -0.39 is 0 Å². The Hall–Kier alpha value is 0. The van der Waals surface area contributed by atoms with Gasteiger partial charge >= 0.3 is 0 Å². The van der Waals surface area contributed by atoms with Crippen molar-refractivity contribution in [1.82, 2.24) is 0 Å². The van der Waals surface area contributed by atoms with Crippen LogP contribution in [0.25, 0.3) is 0 Å². The van der Waals surface area contributed by atoms with Gasteiger partial charge in [-0.15, -0.1) is 0 Å². The van der Waals surface area contributed by atoms with E-state index in [-0.39, 0.29) is 0 Å². The van der Waals surface area contributed by atoms with Crippen molar-refractivity contribution in [2.45, 2.75) is 274 Å². The van der Waals surface area contributed by atoms with Gasteiger partial charge in [-0.3, -0.25) is 0 Å². The summed E-state index contributed by atoms with van der Waals surface area (Å²) in [7, 11) is 0. The van der Waals surface area contributed by atoms with Gasteiger partial charge in [0.15, 0.2) is 0 Å². The average Bonchev–Trinajstić information content (AvgIpc) is 3.02. The monoisotopic (exact) mass is 727 g/mol. The van der Waals surface area contributed by atoms with E-state index in [0.29, 0.717) is 0 Å². The highest BCUT2D eigenvalue weighted by Gasteiger charge is 2.30. The molecule has 0 aromatic carbocycles. The van der Waals surface area contributed by atoms with E-state index in [4.69, 9.17) is 0 Å². The molecule has 6 atom stereocenters. The lowest BCUT2D eigenvalue weighted by atomic mass is 9.69. The van der Waals surface area contributed by atoms with E-state index in [2.05, 4.69) is 27.7 Å². The van der Waals surface area contributed by atoms with Crippen LogP contribution in [0, 0.1) is 59.2 Å². The van der Waals surface area contributed by atoms with Crippen molar-refractivity contribution in [3.63, 3.8) is 0 Å². The first kappa shape index (κ1) is 48.1. The Kier molecular flexibility index (Phi) is 28.8. The topological polar surface area (TPSA) is 0 Å². The van der Waals surface area contributed by atoms with Gasteiger partial charge in [-0.05, 0) is 78.4 Å². The zero-order valence-electron chi connectivity index (χ0n) is 37.8. The van der Waals surface area contributed by atoms with Crippen LogP contribution in [0.15, 0.2) is 0 Å². The fraction of sp³-hybridized carbons (Fsp3) is 1.00. The predicted octanol–water partition coefficient (Wildman–Crippen LogP) is 18.6. The Morgan fingerprint density at radius 3 is 0.923 bits per heavy atom. The van der Waals surface area contributed by atoms with E-state index in [9.17, 15) is 0 Å². The van der Waals surface area contributed by atoms with Crippen molar-refractivity contribution in [3.8, 4) is 0 Å². The summed E-state index contributed by atoms with van der Waals surface area (Å²) in [4.78, 5) is 0. The number of hydrogen-bond acceptors (Lipinski definition) is 0. The van der Waals surface area contributed by atoms with Crippen LogP contribution < -0.4 is 0 Å². The first-order valence-electron chi connectivity index (χ1n) is 25.5. The maximum atomic E-state index is 2.55. The molecule has 0 saturated heterocycles. The Bertz CT molecular complexity index is 706. The maximum Gasteiger partial charge on any atom is -0.0360 e. The van der Waals surface area contributed by atoms with Crippen molar-refractivity contribution >= 4 is 0 Å². The third-order valence-corrected chi connectivity index (χ3v) is 15.4. The average molecular weight is 727 g/mol. The molecule has 0 amide bonds. The highest BCUT2D eigenvalue weighted by molar-refractivity contribution is 4.82. The van der Waals surface area contributed by atoms with Crippen molar-refractivity contribution in [2.75, 3.05) is 0 Å². The largest absolute Gasteiger partial charge is 0.0683 e. The molecule has 0 spiro atoms. The first-order valence-corrected chi connectivity index (χ1v) is 25.5. The lowest BCUT2D eigenvalue weighted by Crippen LogP contribution is -2.24. The third-order valence-electron chi connectivity index (χ3n) is 15.4. The molecule has 0 N–H and O–H groups in total. The molecule has 0 radical (unpaired) electrons. The summed E-state index contributed by atoms with van der Waals surface area (Å²) >= 11 is 0. The normalized spacial score (nSPS) is 34.8. The van der Waals surface area contributed by atoms with Crippen molar-refractivity contribution in [3.05, 3.63) is 0 Å². The Morgan fingerprint density at radius 2 is 0.519 bits per heavy atom. The molecule has 7 aliphatic rings. The molecule has 7 saturated carbocycles. The van der Waals surface area contributed by atoms with Gasteiger partial charge in [-0.1, -0.05) is 254 Å². The van der Waals surface area contributed by atoms with E-state index in [1.54, 1.807) is 70.6 Å². The molecule has 0 heterocycles. The summed E-state index contributed by atoms with van der Waals surface area (Å²) in [6, 6.07) is 0. The molecule has 7 fully saturated rings. The van der Waals surface area contributed by atoms with Crippen molar-refractivity contribution in [1.29, 1.82) is 0 Å². The van der Waals surface area contributed by atoms with Crippen LogP contribution in [-0.2, 0) is 0 Å². The fourth-order valence-corrected chi connectivity index (χ4v) is 11.2. The molecule has 7 aliphatic carbocycles. The smallest absolute Gasteiger partial charge is 0.0360 e. The molecular weight excluding hydrogens is 625 g/mol. The van der Waals surface area contributed by atoms with Crippen molar-refractivity contribution < 1.29 is 0 Å². The lowest BCUT2D eigenvalue weighted by molar-refractivity contribution is 0.153. The number of rotatable bonds is 3. The molecule has 52 heavy (non-hydrogen) atoms. The molecule has 0 aliphatic heterocycles.